The lowest BCUT2D eigenvalue weighted by atomic mass is 10.1. The van der Waals surface area contributed by atoms with E-state index in [9.17, 15) is 9.59 Å². The Morgan fingerprint density at radius 2 is 2.04 bits per heavy atom. The van der Waals surface area contributed by atoms with Gasteiger partial charge in [-0.2, -0.15) is 15.2 Å². The number of anilines is 1. The number of carbonyl (C=O) groups excluding carboxylic acids is 2. The summed E-state index contributed by atoms with van der Waals surface area (Å²) in [5.41, 5.74) is 8.69. The van der Waals surface area contributed by atoms with Crippen LogP contribution < -0.4 is 16.5 Å². The number of H-pyrrole nitrogens is 1. The van der Waals surface area contributed by atoms with E-state index < -0.39 is 6.03 Å². The van der Waals surface area contributed by atoms with Gasteiger partial charge in [-0.25, -0.2) is 15.3 Å². The van der Waals surface area contributed by atoms with Crippen molar-refractivity contribution in [1.29, 1.82) is 0 Å². The molecule has 1 aromatic carbocycles. The Morgan fingerprint density at radius 1 is 1.26 bits per heavy atom. The molecule has 0 radical (unpaired) electrons. The number of hydrogen-bond donors (Lipinski definition) is 4. The van der Waals surface area contributed by atoms with E-state index in [4.69, 9.17) is 5.73 Å². The van der Waals surface area contributed by atoms with Crippen molar-refractivity contribution in [3.05, 3.63) is 42.2 Å². The zero-order chi connectivity index (χ0) is 16.5. The van der Waals surface area contributed by atoms with Gasteiger partial charge in [-0.05, 0) is 5.56 Å². The van der Waals surface area contributed by atoms with Gasteiger partial charge in [0.1, 0.15) is 6.33 Å². The first-order valence-electron chi connectivity index (χ1n) is 6.55. The van der Waals surface area contributed by atoms with Gasteiger partial charge >= 0.3 is 6.03 Å². The third-order valence-corrected chi connectivity index (χ3v) is 3.50. The van der Waals surface area contributed by atoms with Crippen molar-refractivity contribution in [1.82, 2.24) is 20.6 Å². The van der Waals surface area contributed by atoms with Gasteiger partial charge in [0.05, 0.1) is 11.5 Å². The number of nitrogens with zero attached hydrogens (tertiary/aromatic N) is 3. The van der Waals surface area contributed by atoms with E-state index in [1.54, 1.807) is 0 Å². The number of nitrogens with two attached hydrogens (primary N) is 1. The summed E-state index contributed by atoms with van der Waals surface area (Å²) in [5.74, 6) is 0.696. The van der Waals surface area contributed by atoms with E-state index in [1.807, 2.05) is 30.3 Å². The van der Waals surface area contributed by atoms with Crippen molar-refractivity contribution < 1.29 is 9.59 Å². The lowest BCUT2D eigenvalue weighted by Gasteiger charge is -2.07. The van der Waals surface area contributed by atoms with E-state index in [-0.39, 0.29) is 11.7 Å². The molecule has 5 N–H and O–H groups in total. The first-order chi connectivity index (χ1) is 11.1. The quantitative estimate of drug-likeness (QED) is 0.433. The Hall–Kier alpha value is -2.88. The van der Waals surface area contributed by atoms with Gasteiger partial charge in [-0.3, -0.25) is 10.1 Å². The Morgan fingerprint density at radius 3 is 2.70 bits per heavy atom. The Labute approximate surface area is 136 Å². The molecule has 2 rings (SSSR count). The number of carbonyl (C=O) groups is 2. The zero-order valence-electron chi connectivity index (χ0n) is 12.0. The summed E-state index contributed by atoms with van der Waals surface area (Å²) in [6.07, 6.45) is 1.30. The molecule has 23 heavy (non-hydrogen) atoms. The molecule has 0 fully saturated rings. The second-order valence-electron chi connectivity index (χ2n) is 4.28. The van der Waals surface area contributed by atoms with E-state index in [2.05, 4.69) is 31.0 Å². The SMILES string of the molecule is NC(=O)N/N=C(\CSCC(=O)Nc1ncn[nH]1)c1ccccc1. The summed E-state index contributed by atoms with van der Waals surface area (Å²) in [4.78, 5) is 26.4. The van der Waals surface area contributed by atoms with Crippen LogP contribution >= 0.6 is 11.8 Å². The van der Waals surface area contributed by atoms with Crippen molar-refractivity contribution in [3.8, 4) is 0 Å². The topological polar surface area (TPSA) is 138 Å². The number of aromatic amines is 1. The lowest BCUT2D eigenvalue weighted by molar-refractivity contribution is -0.113. The molecule has 3 amide bonds. The molecule has 0 unspecified atom stereocenters. The molecule has 0 spiro atoms. The van der Waals surface area contributed by atoms with Crippen LogP contribution in [-0.2, 0) is 4.79 Å². The van der Waals surface area contributed by atoms with Crippen molar-refractivity contribution in [3.63, 3.8) is 0 Å². The van der Waals surface area contributed by atoms with Crippen molar-refractivity contribution >= 4 is 35.4 Å². The highest BCUT2D eigenvalue weighted by Crippen LogP contribution is 2.09. The maximum atomic E-state index is 11.7. The largest absolute Gasteiger partial charge is 0.350 e. The van der Waals surface area contributed by atoms with Gasteiger partial charge in [0.2, 0.25) is 11.9 Å². The van der Waals surface area contributed by atoms with Crippen molar-refractivity contribution in [2.24, 2.45) is 10.8 Å². The van der Waals surface area contributed by atoms with E-state index in [0.29, 0.717) is 17.4 Å². The zero-order valence-corrected chi connectivity index (χ0v) is 12.8. The predicted octanol–water partition coefficient (Wildman–Crippen LogP) is 0.549. The fourth-order valence-electron chi connectivity index (χ4n) is 1.61. The number of urea groups is 1. The molecular formula is C13H15N7O2S. The average molecular weight is 333 g/mol. The fraction of sp³-hybridized carbons (Fsp3) is 0.154. The number of hydrazone groups is 1. The highest BCUT2D eigenvalue weighted by atomic mass is 32.2. The van der Waals surface area contributed by atoms with Crippen LogP contribution in [0.4, 0.5) is 10.7 Å². The molecule has 0 atom stereocenters. The first-order valence-corrected chi connectivity index (χ1v) is 7.71. The van der Waals surface area contributed by atoms with Crippen LogP contribution in [0.3, 0.4) is 0 Å². The van der Waals surface area contributed by atoms with Crippen molar-refractivity contribution in [2.45, 2.75) is 0 Å². The number of aromatic nitrogens is 3. The molecule has 0 bridgehead atoms. The van der Waals surface area contributed by atoms with E-state index >= 15 is 0 Å². The van der Waals surface area contributed by atoms with Gasteiger partial charge < -0.3 is 5.73 Å². The Kier molecular flexibility index (Phi) is 6.12. The summed E-state index contributed by atoms with van der Waals surface area (Å²) < 4.78 is 0. The van der Waals surface area contributed by atoms with Crippen LogP contribution in [0.1, 0.15) is 5.56 Å². The number of primary amides is 1. The Bertz CT molecular complexity index is 673. The third kappa shape index (κ3) is 5.79. The van der Waals surface area contributed by atoms with Gasteiger partial charge in [0, 0.05) is 5.75 Å². The molecule has 10 heteroatoms. The molecule has 0 saturated heterocycles. The molecule has 2 aromatic rings. The maximum Gasteiger partial charge on any atom is 0.332 e. The first kappa shape index (κ1) is 16.5. The highest BCUT2D eigenvalue weighted by molar-refractivity contribution is 8.00. The molecule has 1 heterocycles. The highest BCUT2D eigenvalue weighted by Gasteiger charge is 2.08. The van der Waals surface area contributed by atoms with Gasteiger partial charge in [-0.1, -0.05) is 30.3 Å². The molecule has 0 saturated carbocycles. The summed E-state index contributed by atoms with van der Waals surface area (Å²) in [6.45, 7) is 0. The van der Waals surface area contributed by atoms with Crippen LogP contribution in [0.25, 0.3) is 0 Å². The summed E-state index contributed by atoms with van der Waals surface area (Å²) in [5, 5.41) is 12.7. The number of amides is 3. The number of nitrogens with one attached hydrogen (secondary N) is 3. The summed E-state index contributed by atoms with van der Waals surface area (Å²) >= 11 is 1.34. The number of thioether (sulfide) groups is 1. The minimum atomic E-state index is -0.744. The van der Waals surface area contributed by atoms with Crippen LogP contribution in [0.15, 0.2) is 41.8 Å². The van der Waals surface area contributed by atoms with E-state index in [1.165, 1.54) is 18.1 Å². The number of hydrogen-bond acceptors (Lipinski definition) is 6. The molecular weight excluding hydrogens is 318 g/mol. The normalized spacial score (nSPS) is 11.0. The van der Waals surface area contributed by atoms with Crippen LogP contribution in [-0.4, -0.2) is 44.3 Å². The number of rotatable bonds is 7. The number of benzene rings is 1. The standard InChI is InChI=1S/C13H15N7O2S/c14-12(22)19-18-10(9-4-2-1-3-5-9)6-23-7-11(21)17-13-15-8-16-20-13/h1-5,8H,6-7H2,(H3,14,19,22)(H2,15,16,17,20,21)/b18-10+. The molecule has 9 nitrogen and oxygen atoms in total. The smallest absolute Gasteiger partial charge is 0.332 e. The Balaban J connectivity index is 1.89. The van der Waals surface area contributed by atoms with Gasteiger partial charge in [-0.15, -0.1) is 11.8 Å². The monoisotopic (exact) mass is 333 g/mol. The predicted molar refractivity (Wildman–Crippen MR) is 88.0 cm³/mol. The lowest BCUT2D eigenvalue weighted by Crippen LogP contribution is -2.26. The molecule has 0 aliphatic rings. The minimum Gasteiger partial charge on any atom is -0.350 e. The second kappa shape index (κ2) is 8.54. The second-order valence-corrected chi connectivity index (χ2v) is 5.26. The van der Waals surface area contributed by atoms with Gasteiger partial charge in [0.15, 0.2) is 0 Å². The average Bonchev–Trinajstić information content (AvgIpc) is 3.04. The van der Waals surface area contributed by atoms with Crippen LogP contribution in [0.2, 0.25) is 0 Å². The van der Waals surface area contributed by atoms with Crippen LogP contribution in [0.5, 0.6) is 0 Å². The molecule has 1 aromatic heterocycles. The molecule has 120 valence electrons. The fourth-order valence-corrected chi connectivity index (χ4v) is 2.39. The molecule has 0 aliphatic carbocycles. The summed E-state index contributed by atoms with van der Waals surface area (Å²) in [7, 11) is 0. The molecule has 0 aliphatic heterocycles. The van der Waals surface area contributed by atoms with Crippen molar-refractivity contribution in [2.75, 3.05) is 16.8 Å². The summed E-state index contributed by atoms with van der Waals surface area (Å²) in [6, 6.07) is 8.56. The van der Waals surface area contributed by atoms with E-state index in [0.717, 1.165) is 5.56 Å². The maximum absolute atomic E-state index is 11.7. The third-order valence-electron chi connectivity index (χ3n) is 2.55. The van der Waals surface area contributed by atoms with Crippen LogP contribution in [0, 0.1) is 0 Å². The van der Waals surface area contributed by atoms with Gasteiger partial charge in [0.25, 0.3) is 0 Å². The minimum absolute atomic E-state index is 0.198.